The number of carbonyl (C=O) groups is 2. The Labute approximate surface area is 215 Å². The number of ketones is 1. The number of amides is 1. The predicted molar refractivity (Wildman–Crippen MR) is 139 cm³/mol. The highest BCUT2D eigenvalue weighted by atomic mass is 35.5. The van der Waals surface area contributed by atoms with E-state index in [2.05, 4.69) is 0 Å². The van der Waals surface area contributed by atoms with Crippen LogP contribution in [-0.2, 0) is 20.9 Å². The highest BCUT2D eigenvalue weighted by Crippen LogP contribution is 2.40. The topological polar surface area (TPSA) is 76.1 Å². The molecule has 0 aliphatic carbocycles. The fourth-order valence-corrected chi connectivity index (χ4v) is 4.41. The molecule has 3 aromatic carbocycles. The minimum Gasteiger partial charge on any atom is -0.507 e. The van der Waals surface area contributed by atoms with E-state index in [4.69, 9.17) is 21.1 Å². The summed E-state index contributed by atoms with van der Waals surface area (Å²) in [6.45, 7) is 3.21. The molecule has 0 radical (unpaired) electrons. The molecule has 1 amide bonds. The van der Waals surface area contributed by atoms with Crippen LogP contribution >= 0.6 is 11.6 Å². The number of carbonyl (C=O) groups excluding carboxylic acids is 2. The Morgan fingerprint density at radius 1 is 1.00 bits per heavy atom. The van der Waals surface area contributed by atoms with Gasteiger partial charge in [-0.3, -0.25) is 9.59 Å². The standard InChI is InChI=1S/C29H28ClNO5/c1-19-6-3-4-7-22(19)18-36-24-14-10-21(11-15-24)27(32)25-26(20-8-12-23(30)13-9-20)31(16-5-17-35-2)29(34)28(25)33/h3-4,6-15,26,32H,5,16-18H2,1-2H3. The maximum atomic E-state index is 13.1. The molecule has 36 heavy (non-hydrogen) atoms. The van der Waals surface area contributed by atoms with Gasteiger partial charge < -0.3 is 19.5 Å². The smallest absolute Gasteiger partial charge is 0.295 e. The number of likely N-dealkylation sites (tertiary alicyclic amines) is 1. The van der Waals surface area contributed by atoms with Crippen LogP contribution < -0.4 is 4.74 Å². The van der Waals surface area contributed by atoms with Gasteiger partial charge in [-0.05, 0) is 66.4 Å². The first-order valence-electron chi connectivity index (χ1n) is 11.7. The number of ether oxygens (including phenoxy) is 2. The second-order valence-corrected chi connectivity index (χ2v) is 9.07. The molecular weight excluding hydrogens is 478 g/mol. The Balaban J connectivity index is 1.63. The van der Waals surface area contributed by atoms with E-state index in [1.165, 1.54) is 4.90 Å². The zero-order valence-electron chi connectivity index (χ0n) is 20.2. The van der Waals surface area contributed by atoms with Gasteiger partial charge in [-0.25, -0.2) is 0 Å². The summed E-state index contributed by atoms with van der Waals surface area (Å²) in [7, 11) is 1.58. The molecular formula is C29H28ClNO5. The Morgan fingerprint density at radius 3 is 2.36 bits per heavy atom. The molecule has 7 heteroatoms. The maximum Gasteiger partial charge on any atom is 0.295 e. The number of rotatable bonds is 9. The van der Waals surface area contributed by atoms with E-state index in [0.717, 1.165) is 11.1 Å². The van der Waals surface area contributed by atoms with Crippen molar-refractivity contribution in [2.45, 2.75) is 26.0 Å². The molecule has 3 aromatic rings. The van der Waals surface area contributed by atoms with Gasteiger partial charge in [-0.15, -0.1) is 0 Å². The van der Waals surface area contributed by atoms with Gasteiger partial charge in [-0.2, -0.15) is 0 Å². The highest BCUT2D eigenvalue weighted by Gasteiger charge is 2.45. The maximum absolute atomic E-state index is 13.1. The van der Waals surface area contributed by atoms with Gasteiger partial charge in [-0.1, -0.05) is 48.0 Å². The van der Waals surface area contributed by atoms with E-state index in [0.29, 0.717) is 48.1 Å². The molecule has 1 fully saturated rings. The van der Waals surface area contributed by atoms with Crippen molar-refractivity contribution in [3.63, 3.8) is 0 Å². The summed E-state index contributed by atoms with van der Waals surface area (Å²) in [4.78, 5) is 27.5. The van der Waals surface area contributed by atoms with Crippen LogP contribution in [0.15, 0.2) is 78.4 Å². The number of halogens is 1. The quantitative estimate of drug-likeness (QED) is 0.175. The molecule has 1 N–H and O–H groups in total. The average molecular weight is 506 g/mol. The van der Waals surface area contributed by atoms with Crippen molar-refractivity contribution in [3.05, 3.63) is 106 Å². The van der Waals surface area contributed by atoms with Gasteiger partial charge in [0.05, 0.1) is 11.6 Å². The Hall–Kier alpha value is -3.61. The predicted octanol–water partition coefficient (Wildman–Crippen LogP) is 5.69. The van der Waals surface area contributed by atoms with E-state index >= 15 is 0 Å². The van der Waals surface area contributed by atoms with Crippen LogP contribution in [0.5, 0.6) is 5.75 Å². The molecule has 0 aromatic heterocycles. The van der Waals surface area contributed by atoms with Crippen molar-refractivity contribution in [2.75, 3.05) is 20.3 Å². The van der Waals surface area contributed by atoms with Gasteiger partial charge in [0.2, 0.25) is 0 Å². The van der Waals surface area contributed by atoms with Gasteiger partial charge in [0.25, 0.3) is 11.7 Å². The van der Waals surface area contributed by atoms with Crippen LogP contribution in [0.25, 0.3) is 5.76 Å². The summed E-state index contributed by atoms with van der Waals surface area (Å²) in [5.74, 6) is -0.965. The number of methoxy groups -OCH3 is 1. The van der Waals surface area contributed by atoms with Gasteiger partial charge in [0.1, 0.15) is 18.1 Å². The zero-order valence-corrected chi connectivity index (χ0v) is 21.0. The van der Waals surface area contributed by atoms with Gasteiger partial charge in [0.15, 0.2) is 0 Å². The number of aliphatic hydroxyl groups is 1. The second kappa shape index (κ2) is 11.4. The lowest BCUT2D eigenvalue weighted by atomic mass is 9.95. The monoisotopic (exact) mass is 505 g/mol. The first kappa shape index (κ1) is 25.5. The SMILES string of the molecule is COCCCN1C(=O)C(=O)C(=C(O)c2ccc(OCc3ccccc3C)cc2)C1c1ccc(Cl)cc1. The molecule has 1 aliphatic heterocycles. The summed E-state index contributed by atoms with van der Waals surface area (Å²) in [6.07, 6.45) is 0.556. The number of aryl methyl sites for hydroxylation is 1. The molecule has 0 saturated carbocycles. The third-order valence-electron chi connectivity index (χ3n) is 6.26. The fourth-order valence-electron chi connectivity index (χ4n) is 4.28. The van der Waals surface area contributed by atoms with Crippen molar-refractivity contribution in [1.82, 2.24) is 4.90 Å². The lowest BCUT2D eigenvalue weighted by Crippen LogP contribution is -2.31. The number of nitrogens with zero attached hydrogens (tertiary/aromatic N) is 1. The lowest BCUT2D eigenvalue weighted by Gasteiger charge is -2.25. The molecule has 1 heterocycles. The number of hydrogen-bond donors (Lipinski definition) is 1. The highest BCUT2D eigenvalue weighted by molar-refractivity contribution is 6.46. The minimum atomic E-state index is -0.726. The third kappa shape index (κ3) is 5.45. The fraction of sp³-hybridized carbons (Fsp3) is 0.241. The first-order valence-corrected chi connectivity index (χ1v) is 12.1. The zero-order chi connectivity index (χ0) is 25.7. The Kier molecular flexibility index (Phi) is 8.08. The normalized spacial score (nSPS) is 17.0. The Morgan fingerprint density at radius 2 is 1.69 bits per heavy atom. The molecule has 1 atom stereocenters. The van der Waals surface area contributed by atoms with Crippen LogP contribution in [0.2, 0.25) is 5.02 Å². The molecule has 0 spiro atoms. The van der Waals surface area contributed by atoms with E-state index in [9.17, 15) is 14.7 Å². The molecule has 1 aliphatic rings. The van der Waals surface area contributed by atoms with Crippen LogP contribution in [0.1, 0.15) is 34.7 Å². The third-order valence-corrected chi connectivity index (χ3v) is 6.51. The molecule has 1 saturated heterocycles. The molecule has 186 valence electrons. The van der Waals surface area contributed by atoms with Crippen LogP contribution in [0.3, 0.4) is 0 Å². The summed E-state index contributed by atoms with van der Waals surface area (Å²) in [5.41, 5.74) is 3.39. The first-order chi connectivity index (χ1) is 17.4. The van der Waals surface area contributed by atoms with Crippen LogP contribution in [0.4, 0.5) is 0 Å². The van der Waals surface area contributed by atoms with E-state index in [-0.39, 0.29) is 11.3 Å². The van der Waals surface area contributed by atoms with Crippen LogP contribution in [0, 0.1) is 6.92 Å². The van der Waals surface area contributed by atoms with E-state index in [1.807, 2.05) is 31.2 Å². The number of Topliss-reactive ketones (excluding diaryl/α,β-unsaturated/α-hetero) is 1. The summed E-state index contributed by atoms with van der Waals surface area (Å²) >= 11 is 6.06. The number of hydrogen-bond acceptors (Lipinski definition) is 5. The van der Waals surface area contributed by atoms with Crippen molar-refractivity contribution in [1.29, 1.82) is 0 Å². The second-order valence-electron chi connectivity index (χ2n) is 8.63. The van der Waals surface area contributed by atoms with Crippen molar-refractivity contribution in [2.24, 2.45) is 0 Å². The summed E-state index contributed by atoms with van der Waals surface area (Å²) < 4.78 is 11.0. The van der Waals surface area contributed by atoms with Crippen molar-refractivity contribution >= 4 is 29.1 Å². The van der Waals surface area contributed by atoms with Crippen molar-refractivity contribution < 1.29 is 24.2 Å². The lowest BCUT2D eigenvalue weighted by molar-refractivity contribution is -0.140. The Bertz CT molecular complexity index is 1270. The minimum absolute atomic E-state index is 0.0494. The summed E-state index contributed by atoms with van der Waals surface area (Å²) in [6, 6.07) is 21.0. The molecule has 4 rings (SSSR count). The van der Waals surface area contributed by atoms with Crippen molar-refractivity contribution in [3.8, 4) is 5.75 Å². The molecule has 6 nitrogen and oxygen atoms in total. The number of aliphatic hydroxyl groups excluding tert-OH is 1. The van der Waals surface area contributed by atoms with Crippen LogP contribution in [-0.4, -0.2) is 42.0 Å². The van der Waals surface area contributed by atoms with E-state index < -0.39 is 17.7 Å². The largest absolute Gasteiger partial charge is 0.507 e. The summed E-state index contributed by atoms with van der Waals surface area (Å²) in [5, 5.41) is 11.7. The van der Waals surface area contributed by atoms with E-state index in [1.54, 1.807) is 55.6 Å². The average Bonchev–Trinajstić information content (AvgIpc) is 3.14. The molecule has 1 unspecified atom stereocenters. The number of benzene rings is 3. The molecule has 0 bridgehead atoms. The van der Waals surface area contributed by atoms with Gasteiger partial charge >= 0.3 is 0 Å². The van der Waals surface area contributed by atoms with Gasteiger partial charge in [0, 0.05) is 30.8 Å².